The van der Waals surface area contributed by atoms with Gasteiger partial charge in [0.25, 0.3) is 5.91 Å². The van der Waals surface area contributed by atoms with Crippen molar-refractivity contribution in [2.45, 2.75) is 26.3 Å². The lowest BCUT2D eigenvalue weighted by Crippen LogP contribution is -2.40. The molecular formula is C20H27N3O. The molecule has 0 bridgehead atoms. The van der Waals surface area contributed by atoms with Gasteiger partial charge in [-0.25, -0.2) is 0 Å². The Morgan fingerprint density at radius 2 is 2.04 bits per heavy atom. The molecule has 2 aromatic rings. The molecule has 1 amide bonds. The van der Waals surface area contributed by atoms with Crippen LogP contribution in [0.4, 0.5) is 0 Å². The van der Waals surface area contributed by atoms with E-state index in [1.165, 1.54) is 18.4 Å². The minimum Gasteiger partial charge on any atom is -0.349 e. The second-order valence-corrected chi connectivity index (χ2v) is 6.81. The lowest BCUT2D eigenvalue weighted by Gasteiger charge is -2.30. The van der Waals surface area contributed by atoms with Crippen LogP contribution in [0.5, 0.6) is 0 Å². The maximum absolute atomic E-state index is 12.5. The number of piperidine rings is 1. The van der Waals surface area contributed by atoms with E-state index in [1.54, 1.807) is 0 Å². The summed E-state index contributed by atoms with van der Waals surface area (Å²) in [6, 6.07) is 14.1. The standard InChI is InChI=1S/C20H27N3O/c1-17-7-5-12-22(15-17)14-11-21-20(24)19-10-6-13-23(19)16-18-8-3-2-4-9-18/h2-4,6,8-10,13,17H,5,7,11-12,14-16H2,1H3,(H,21,24). The molecule has 1 saturated heterocycles. The van der Waals surface area contributed by atoms with Crippen molar-refractivity contribution >= 4 is 5.91 Å². The Morgan fingerprint density at radius 3 is 2.83 bits per heavy atom. The van der Waals surface area contributed by atoms with Crippen LogP contribution in [0.3, 0.4) is 0 Å². The average Bonchev–Trinajstić information content (AvgIpc) is 3.04. The van der Waals surface area contributed by atoms with Gasteiger partial charge >= 0.3 is 0 Å². The summed E-state index contributed by atoms with van der Waals surface area (Å²) in [5, 5.41) is 3.07. The number of nitrogens with zero attached hydrogens (tertiary/aromatic N) is 2. The fraction of sp³-hybridized carbons (Fsp3) is 0.450. The molecule has 1 aromatic carbocycles. The molecule has 1 unspecified atom stereocenters. The van der Waals surface area contributed by atoms with Crippen LogP contribution in [-0.2, 0) is 6.54 Å². The Balaban J connectivity index is 1.51. The van der Waals surface area contributed by atoms with E-state index in [9.17, 15) is 4.79 Å². The Morgan fingerprint density at radius 1 is 1.21 bits per heavy atom. The zero-order valence-electron chi connectivity index (χ0n) is 14.4. The molecule has 1 aromatic heterocycles. The van der Waals surface area contributed by atoms with Crippen LogP contribution in [0.25, 0.3) is 0 Å². The number of amides is 1. The summed E-state index contributed by atoms with van der Waals surface area (Å²) in [6.07, 6.45) is 4.57. The molecule has 0 aliphatic carbocycles. The van der Waals surface area contributed by atoms with Crippen LogP contribution in [0, 0.1) is 5.92 Å². The molecular weight excluding hydrogens is 298 g/mol. The second-order valence-electron chi connectivity index (χ2n) is 6.81. The van der Waals surface area contributed by atoms with Gasteiger partial charge < -0.3 is 14.8 Å². The Kier molecular flexibility index (Phi) is 5.70. The molecule has 1 fully saturated rings. The third-order valence-corrected chi connectivity index (χ3v) is 4.71. The molecule has 24 heavy (non-hydrogen) atoms. The van der Waals surface area contributed by atoms with E-state index in [0.717, 1.165) is 37.8 Å². The van der Waals surface area contributed by atoms with Crippen molar-refractivity contribution in [2.75, 3.05) is 26.2 Å². The van der Waals surface area contributed by atoms with Crippen molar-refractivity contribution in [3.63, 3.8) is 0 Å². The van der Waals surface area contributed by atoms with Crippen LogP contribution >= 0.6 is 0 Å². The smallest absolute Gasteiger partial charge is 0.267 e. The summed E-state index contributed by atoms with van der Waals surface area (Å²) in [6.45, 7) is 6.99. The van der Waals surface area contributed by atoms with Crippen molar-refractivity contribution in [1.82, 2.24) is 14.8 Å². The topological polar surface area (TPSA) is 37.3 Å². The lowest BCUT2D eigenvalue weighted by atomic mass is 10.0. The quantitative estimate of drug-likeness (QED) is 0.886. The van der Waals surface area contributed by atoms with Gasteiger partial charge in [0, 0.05) is 32.4 Å². The molecule has 1 aliphatic rings. The van der Waals surface area contributed by atoms with Gasteiger partial charge in [-0.3, -0.25) is 4.79 Å². The second kappa shape index (κ2) is 8.15. The molecule has 0 radical (unpaired) electrons. The van der Waals surface area contributed by atoms with Gasteiger partial charge in [-0.15, -0.1) is 0 Å². The Hall–Kier alpha value is -2.07. The maximum Gasteiger partial charge on any atom is 0.267 e. The first-order valence-electron chi connectivity index (χ1n) is 8.92. The number of hydrogen-bond acceptors (Lipinski definition) is 2. The number of rotatable bonds is 6. The van der Waals surface area contributed by atoms with Gasteiger partial charge in [-0.05, 0) is 43.0 Å². The number of hydrogen-bond donors (Lipinski definition) is 1. The third-order valence-electron chi connectivity index (χ3n) is 4.71. The van der Waals surface area contributed by atoms with Crippen LogP contribution in [0.2, 0.25) is 0 Å². The summed E-state index contributed by atoms with van der Waals surface area (Å²) in [7, 11) is 0. The van der Waals surface area contributed by atoms with Crippen molar-refractivity contribution in [3.05, 3.63) is 59.9 Å². The number of aromatic nitrogens is 1. The maximum atomic E-state index is 12.5. The highest BCUT2D eigenvalue weighted by molar-refractivity contribution is 5.92. The van der Waals surface area contributed by atoms with Gasteiger partial charge in [0.05, 0.1) is 0 Å². The summed E-state index contributed by atoms with van der Waals surface area (Å²) < 4.78 is 2.01. The minimum atomic E-state index is 0.0148. The van der Waals surface area contributed by atoms with E-state index in [0.29, 0.717) is 6.54 Å². The van der Waals surface area contributed by atoms with Gasteiger partial charge in [0.15, 0.2) is 0 Å². The molecule has 0 saturated carbocycles. The van der Waals surface area contributed by atoms with E-state index >= 15 is 0 Å². The average molecular weight is 325 g/mol. The molecule has 0 spiro atoms. The molecule has 3 rings (SSSR count). The van der Waals surface area contributed by atoms with E-state index in [2.05, 4.69) is 29.3 Å². The zero-order chi connectivity index (χ0) is 16.8. The van der Waals surface area contributed by atoms with E-state index in [1.807, 2.05) is 41.1 Å². The van der Waals surface area contributed by atoms with Crippen LogP contribution in [0.1, 0.15) is 35.8 Å². The number of nitrogens with one attached hydrogen (secondary N) is 1. The summed E-state index contributed by atoms with van der Waals surface area (Å²) in [5.74, 6) is 0.790. The highest BCUT2D eigenvalue weighted by Crippen LogP contribution is 2.14. The van der Waals surface area contributed by atoms with Crippen LogP contribution in [-0.4, -0.2) is 41.6 Å². The van der Waals surface area contributed by atoms with Gasteiger partial charge in [-0.1, -0.05) is 37.3 Å². The summed E-state index contributed by atoms with van der Waals surface area (Å²) in [4.78, 5) is 14.9. The van der Waals surface area contributed by atoms with Gasteiger partial charge in [0.2, 0.25) is 0 Å². The van der Waals surface area contributed by atoms with Gasteiger partial charge in [-0.2, -0.15) is 0 Å². The van der Waals surface area contributed by atoms with Crippen molar-refractivity contribution in [3.8, 4) is 0 Å². The number of likely N-dealkylation sites (tertiary alicyclic amines) is 1. The molecule has 1 N–H and O–H groups in total. The highest BCUT2D eigenvalue weighted by atomic mass is 16.1. The first kappa shape index (κ1) is 16.8. The lowest BCUT2D eigenvalue weighted by molar-refractivity contribution is 0.0935. The molecule has 1 atom stereocenters. The van der Waals surface area contributed by atoms with E-state index in [-0.39, 0.29) is 5.91 Å². The van der Waals surface area contributed by atoms with Crippen molar-refractivity contribution < 1.29 is 4.79 Å². The fourth-order valence-corrected chi connectivity index (χ4v) is 3.45. The van der Waals surface area contributed by atoms with Crippen molar-refractivity contribution in [1.29, 1.82) is 0 Å². The first-order chi connectivity index (χ1) is 11.7. The predicted molar refractivity (Wildman–Crippen MR) is 97.1 cm³/mol. The predicted octanol–water partition coefficient (Wildman–Crippen LogP) is 3.00. The molecule has 4 heteroatoms. The molecule has 128 valence electrons. The molecule has 2 heterocycles. The SMILES string of the molecule is CC1CCCN(CCNC(=O)c2cccn2Cc2ccccc2)C1. The first-order valence-corrected chi connectivity index (χ1v) is 8.92. The fourth-order valence-electron chi connectivity index (χ4n) is 3.45. The largest absolute Gasteiger partial charge is 0.349 e. The van der Waals surface area contributed by atoms with Gasteiger partial charge in [0.1, 0.15) is 5.69 Å². The number of carbonyl (C=O) groups is 1. The Bertz CT molecular complexity index is 650. The van der Waals surface area contributed by atoms with Crippen LogP contribution in [0.15, 0.2) is 48.7 Å². The highest BCUT2D eigenvalue weighted by Gasteiger charge is 2.16. The monoisotopic (exact) mass is 325 g/mol. The normalized spacial score (nSPS) is 18.5. The molecule has 1 aliphatic heterocycles. The zero-order valence-corrected chi connectivity index (χ0v) is 14.4. The van der Waals surface area contributed by atoms with E-state index in [4.69, 9.17) is 0 Å². The van der Waals surface area contributed by atoms with E-state index < -0.39 is 0 Å². The van der Waals surface area contributed by atoms with Crippen LogP contribution < -0.4 is 5.32 Å². The summed E-state index contributed by atoms with van der Waals surface area (Å²) >= 11 is 0. The third kappa shape index (κ3) is 4.48. The molecule has 4 nitrogen and oxygen atoms in total. The Labute approximate surface area is 144 Å². The minimum absolute atomic E-state index is 0.0148. The summed E-state index contributed by atoms with van der Waals surface area (Å²) in [5.41, 5.74) is 1.93. The number of benzene rings is 1. The van der Waals surface area contributed by atoms with Crippen molar-refractivity contribution in [2.24, 2.45) is 5.92 Å². The number of carbonyl (C=O) groups excluding carboxylic acids is 1.